The maximum absolute atomic E-state index is 13.6. The molecule has 1 unspecified atom stereocenters. The van der Waals surface area contributed by atoms with Crippen LogP contribution in [-0.4, -0.2) is 50.2 Å². The number of fused-ring (bicyclic) bond motifs is 1. The zero-order chi connectivity index (χ0) is 27.5. The summed E-state index contributed by atoms with van der Waals surface area (Å²) in [7, 11) is 3.62. The molecule has 2 heterocycles. The topological polar surface area (TPSA) is 65.8 Å². The number of benzene rings is 2. The van der Waals surface area contributed by atoms with Crippen LogP contribution in [0.3, 0.4) is 0 Å². The fourth-order valence-corrected chi connectivity index (χ4v) is 6.58. The van der Waals surface area contributed by atoms with Gasteiger partial charge in [-0.05, 0) is 67.5 Å². The Balaban J connectivity index is 1.53. The van der Waals surface area contributed by atoms with E-state index < -0.39 is 0 Å². The third kappa shape index (κ3) is 5.81. The lowest BCUT2D eigenvalue weighted by Crippen LogP contribution is -2.40. The normalized spacial score (nSPS) is 18.4. The Hall–Kier alpha value is -3.00. The number of hydrogen-bond acceptors (Lipinski definition) is 5. The number of likely N-dealkylation sites (tertiary alicyclic amines) is 1. The van der Waals surface area contributed by atoms with E-state index in [1.54, 1.807) is 31.1 Å². The van der Waals surface area contributed by atoms with Gasteiger partial charge in [-0.15, -0.1) is 0 Å². The summed E-state index contributed by atoms with van der Waals surface area (Å²) in [6.07, 6.45) is 10.7. The number of nitrogens with zero attached hydrogens (tertiary/aromatic N) is 2. The van der Waals surface area contributed by atoms with Gasteiger partial charge in [0.2, 0.25) is 5.91 Å². The number of nitrogens with one attached hydrogen (secondary N) is 1. The molecule has 3 aromatic rings. The second-order valence-electron chi connectivity index (χ2n) is 10.9. The molecule has 1 aromatic heterocycles. The maximum Gasteiger partial charge on any atom is 0.255 e. The van der Waals surface area contributed by atoms with Crippen LogP contribution in [0.1, 0.15) is 73.2 Å². The van der Waals surface area contributed by atoms with Crippen molar-refractivity contribution in [3.63, 3.8) is 0 Å². The van der Waals surface area contributed by atoms with E-state index in [-0.39, 0.29) is 23.5 Å². The molecule has 0 spiro atoms. The monoisotopic (exact) mass is 551 g/mol. The number of amides is 2. The van der Waals surface area contributed by atoms with Crippen LogP contribution in [0.25, 0.3) is 22.3 Å². The number of hydrogen-bond donors (Lipinski definition) is 1. The Morgan fingerprint density at radius 2 is 1.85 bits per heavy atom. The number of piperidine rings is 1. The molecule has 1 saturated carbocycles. The number of rotatable bonds is 7. The highest BCUT2D eigenvalue weighted by molar-refractivity contribution is 7.99. The molecule has 5 rings (SSSR count). The first-order chi connectivity index (χ1) is 18.9. The average Bonchev–Trinajstić information content (AvgIpc) is 3.35. The van der Waals surface area contributed by atoms with Gasteiger partial charge in [0.25, 0.3) is 5.91 Å². The summed E-state index contributed by atoms with van der Waals surface area (Å²) in [5, 5.41) is 3.48. The molecule has 1 saturated heterocycles. The fraction of sp³-hybridized carbons (Fsp3) is 0.484. The molecule has 1 aliphatic carbocycles. The van der Waals surface area contributed by atoms with Gasteiger partial charge in [0.1, 0.15) is 17.2 Å². The minimum atomic E-state index is -0.345. The summed E-state index contributed by atoms with van der Waals surface area (Å²) in [4.78, 5) is 28.5. The van der Waals surface area contributed by atoms with Crippen molar-refractivity contribution in [3.05, 3.63) is 53.3 Å². The van der Waals surface area contributed by atoms with Crippen molar-refractivity contribution in [3.8, 4) is 11.3 Å². The molecule has 0 bridgehead atoms. The lowest BCUT2D eigenvalue weighted by atomic mass is 9.85. The summed E-state index contributed by atoms with van der Waals surface area (Å²) < 4.78 is 22.0. The quantitative estimate of drug-likeness (QED) is 0.321. The summed E-state index contributed by atoms with van der Waals surface area (Å²) in [6.45, 7) is 1.49. The van der Waals surface area contributed by atoms with Crippen LogP contribution in [0.4, 0.5) is 10.1 Å². The highest BCUT2D eigenvalue weighted by Gasteiger charge is 2.31. The second-order valence-corrected chi connectivity index (χ2v) is 11.8. The van der Waals surface area contributed by atoms with Crippen molar-refractivity contribution >= 4 is 40.4 Å². The van der Waals surface area contributed by atoms with E-state index in [2.05, 4.69) is 20.6 Å². The molecule has 208 valence electrons. The number of carbonyl (C=O) groups excluding carboxylic acids is 2. The summed E-state index contributed by atoms with van der Waals surface area (Å²) in [5.74, 6) is 0.782. The molecule has 1 atom stereocenters. The lowest BCUT2D eigenvalue weighted by molar-refractivity contribution is -0.133. The minimum absolute atomic E-state index is 0.157. The van der Waals surface area contributed by atoms with Crippen molar-refractivity contribution in [2.24, 2.45) is 5.92 Å². The van der Waals surface area contributed by atoms with Crippen LogP contribution in [0.5, 0.6) is 0 Å². The Kier molecular flexibility index (Phi) is 8.50. The zero-order valence-corrected chi connectivity index (χ0v) is 23.9. The molecule has 1 N–H and O–H groups in total. The lowest BCUT2D eigenvalue weighted by Gasteiger charge is -2.36. The van der Waals surface area contributed by atoms with Gasteiger partial charge in [-0.2, -0.15) is 0 Å². The van der Waals surface area contributed by atoms with Crippen molar-refractivity contribution in [2.75, 3.05) is 37.7 Å². The van der Waals surface area contributed by atoms with Crippen molar-refractivity contribution in [1.82, 2.24) is 10.2 Å². The van der Waals surface area contributed by atoms with Crippen LogP contribution in [0, 0.1) is 11.7 Å². The van der Waals surface area contributed by atoms with Gasteiger partial charge in [0.05, 0.1) is 11.3 Å². The predicted molar refractivity (Wildman–Crippen MR) is 157 cm³/mol. The van der Waals surface area contributed by atoms with E-state index in [4.69, 9.17) is 4.42 Å². The third-order valence-corrected chi connectivity index (χ3v) is 9.16. The van der Waals surface area contributed by atoms with Crippen LogP contribution in [0.2, 0.25) is 0 Å². The molecular formula is C31H38FN3O3S. The van der Waals surface area contributed by atoms with Gasteiger partial charge in [-0.1, -0.05) is 31.2 Å². The third-order valence-electron chi connectivity index (χ3n) is 8.41. The standard InChI is InChI=1S/C31H38FN3O3S/c1-33-31(37)29-25-17-24(22-10-7-15-35(19-22)28(36)16-20-8-5-4-6-9-20)26(34(2)39-3)18-27(25)38-30(29)21-11-13-23(32)14-12-21/h11-14,17-18,20,22H,4-10,15-16,19H2,1-3H3,(H,33,37). The first-order valence-corrected chi connectivity index (χ1v) is 15.2. The summed E-state index contributed by atoms with van der Waals surface area (Å²) in [6, 6.07) is 10.1. The first-order valence-electron chi connectivity index (χ1n) is 14.0. The largest absolute Gasteiger partial charge is 0.455 e. The minimum Gasteiger partial charge on any atom is -0.455 e. The molecule has 8 heteroatoms. The Morgan fingerprint density at radius 1 is 1.10 bits per heavy atom. The Bertz CT molecular complexity index is 1330. The van der Waals surface area contributed by atoms with Gasteiger partial charge >= 0.3 is 0 Å². The molecule has 6 nitrogen and oxygen atoms in total. The summed E-state index contributed by atoms with van der Waals surface area (Å²) in [5.41, 5.74) is 3.83. The van der Waals surface area contributed by atoms with Gasteiger partial charge in [0, 0.05) is 62.8 Å². The van der Waals surface area contributed by atoms with Crippen LogP contribution >= 0.6 is 11.9 Å². The smallest absolute Gasteiger partial charge is 0.255 e. The van der Waals surface area contributed by atoms with Gasteiger partial charge < -0.3 is 18.9 Å². The highest BCUT2D eigenvalue weighted by Crippen LogP contribution is 2.42. The van der Waals surface area contributed by atoms with Gasteiger partial charge in [0.15, 0.2) is 0 Å². The van der Waals surface area contributed by atoms with Crippen molar-refractivity contribution in [1.29, 1.82) is 0 Å². The molecule has 0 radical (unpaired) electrons. The van der Waals surface area contributed by atoms with E-state index in [9.17, 15) is 14.0 Å². The van der Waals surface area contributed by atoms with E-state index in [1.165, 1.54) is 44.2 Å². The highest BCUT2D eigenvalue weighted by atomic mass is 32.2. The van der Waals surface area contributed by atoms with Crippen LogP contribution < -0.4 is 9.62 Å². The molecular weight excluding hydrogens is 513 g/mol. The van der Waals surface area contributed by atoms with Crippen molar-refractivity contribution < 1.29 is 18.4 Å². The van der Waals surface area contributed by atoms with Gasteiger partial charge in [-0.3, -0.25) is 9.59 Å². The first kappa shape index (κ1) is 27.6. The summed E-state index contributed by atoms with van der Waals surface area (Å²) >= 11 is 1.60. The molecule has 1 aliphatic heterocycles. The average molecular weight is 552 g/mol. The molecule has 39 heavy (non-hydrogen) atoms. The Morgan fingerprint density at radius 3 is 2.54 bits per heavy atom. The molecule has 2 fully saturated rings. The number of halogens is 1. The van der Waals surface area contributed by atoms with Crippen molar-refractivity contribution in [2.45, 2.75) is 57.3 Å². The van der Waals surface area contributed by atoms with E-state index in [1.807, 2.05) is 19.4 Å². The number of furan rings is 1. The van der Waals surface area contributed by atoms with Crippen LogP contribution in [0.15, 0.2) is 40.8 Å². The molecule has 2 aliphatic rings. The Labute approximate surface area is 234 Å². The molecule has 2 aromatic carbocycles. The number of anilines is 1. The number of carbonyl (C=O) groups is 2. The maximum atomic E-state index is 13.6. The second kappa shape index (κ2) is 12.0. The SMILES string of the molecule is CNC(=O)c1c(-c2ccc(F)cc2)oc2cc(N(C)SC)c(C3CCCN(C(=O)CC4CCCCC4)C3)cc12. The van der Waals surface area contributed by atoms with E-state index in [0.29, 0.717) is 41.4 Å². The zero-order valence-electron chi connectivity index (χ0n) is 23.1. The molecule has 2 amide bonds. The fourth-order valence-electron chi connectivity index (χ4n) is 6.23. The van der Waals surface area contributed by atoms with Gasteiger partial charge in [-0.25, -0.2) is 4.39 Å². The van der Waals surface area contributed by atoms with E-state index in [0.717, 1.165) is 36.0 Å². The predicted octanol–water partition coefficient (Wildman–Crippen LogP) is 6.99. The van der Waals surface area contributed by atoms with Crippen LogP contribution in [-0.2, 0) is 4.79 Å². The van der Waals surface area contributed by atoms with E-state index >= 15 is 0 Å².